The van der Waals surface area contributed by atoms with Crippen molar-refractivity contribution in [2.24, 2.45) is 5.92 Å². The van der Waals surface area contributed by atoms with Gasteiger partial charge in [-0.05, 0) is 56.0 Å². The van der Waals surface area contributed by atoms with Crippen LogP contribution in [0.1, 0.15) is 18.4 Å². The molecular weight excluding hydrogens is 198 g/mol. The van der Waals surface area contributed by atoms with Crippen LogP contribution in [-0.2, 0) is 6.42 Å². The molecule has 1 aliphatic carbocycles. The second-order valence-corrected chi connectivity index (χ2v) is 4.73. The van der Waals surface area contributed by atoms with Crippen LogP contribution >= 0.6 is 0 Å². The number of likely N-dealkylation sites (N-methyl/N-ethyl adjacent to an activating group) is 1. The first-order valence-corrected chi connectivity index (χ1v) is 6.00. The SMILES string of the molecule is CNC(Cc1ccc2occc2c1)C1CC1. The Bertz CT molecular complexity index is 484. The summed E-state index contributed by atoms with van der Waals surface area (Å²) in [4.78, 5) is 0. The maximum absolute atomic E-state index is 5.35. The van der Waals surface area contributed by atoms with Gasteiger partial charge in [0.2, 0.25) is 0 Å². The summed E-state index contributed by atoms with van der Waals surface area (Å²) < 4.78 is 5.35. The van der Waals surface area contributed by atoms with Gasteiger partial charge in [-0.3, -0.25) is 0 Å². The molecule has 1 unspecified atom stereocenters. The van der Waals surface area contributed by atoms with Crippen molar-refractivity contribution < 1.29 is 4.42 Å². The van der Waals surface area contributed by atoms with E-state index in [2.05, 4.69) is 30.6 Å². The van der Waals surface area contributed by atoms with Crippen molar-refractivity contribution >= 4 is 11.0 Å². The molecule has 1 atom stereocenters. The lowest BCUT2D eigenvalue weighted by atomic mass is 10.0. The second kappa shape index (κ2) is 3.95. The topological polar surface area (TPSA) is 25.2 Å². The first-order valence-electron chi connectivity index (χ1n) is 6.00. The highest BCUT2D eigenvalue weighted by atomic mass is 16.3. The molecule has 0 saturated heterocycles. The minimum atomic E-state index is 0.643. The molecule has 1 N–H and O–H groups in total. The van der Waals surface area contributed by atoms with Gasteiger partial charge in [0, 0.05) is 11.4 Å². The van der Waals surface area contributed by atoms with Gasteiger partial charge < -0.3 is 9.73 Å². The molecule has 0 amide bonds. The Morgan fingerprint density at radius 3 is 3.00 bits per heavy atom. The Morgan fingerprint density at radius 1 is 1.38 bits per heavy atom. The summed E-state index contributed by atoms with van der Waals surface area (Å²) in [6.45, 7) is 0. The van der Waals surface area contributed by atoms with E-state index < -0.39 is 0 Å². The summed E-state index contributed by atoms with van der Waals surface area (Å²) in [5, 5.41) is 4.64. The van der Waals surface area contributed by atoms with Gasteiger partial charge in [-0.2, -0.15) is 0 Å². The molecule has 0 radical (unpaired) electrons. The third-order valence-corrected chi connectivity index (χ3v) is 3.53. The van der Waals surface area contributed by atoms with Crippen LogP contribution in [0.25, 0.3) is 11.0 Å². The fourth-order valence-corrected chi connectivity index (χ4v) is 2.40. The second-order valence-electron chi connectivity index (χ2n) is 4.73. The Morgan fingerprint density at radius 2 is 2.25 bits per heavy atom. The van der Waals surface area contributed by atoms with E-state index in [9.17, 15) is 0 Å². The van der Waals surface area contributed by atoms with Gasteiger partial charge in [0.05, 0.1) is 6.26 Å². The number of hydrogen-bond acceptors (Lipinski definition) is 2. The van der Waals surface area contributed by atoms with Crippen LogP contribution < -0.4 is 5.32 Å². The summed E-state index contributed by atoms with van der Waals surface area (Å²) in [5.74, 6) is 0.894. The van der Waals surface area contributed by atoms with Gasteiger partial charge in [0.25, 0.3) is 0 Å². The van der Waals surface area contributed by atoms with Crippen molar-refractivity contribution in [3.05, 3.63) is 36.1 Å². The average Bonchev–Trinajstić information content (AvgIpc) is 3.04. The van der Waals surface area contributed by atoms with E-state index >= 15 is 0 Å². The zero-order valence-electron chi connectivity index (χ0n) is 9.57. The smallest absolute Gasteiger partial charge is 0.133 e. The van der Waals surface area contributed by atoms with Crippen molar-refractivity contribution in [1.82, 2.24) is 5.32 Å². The van der Waals surface area contributed by atoms with E-state index in [-0.39, 0.29) is 0 Å². The zero-order chi connectivity index (χ0) is 11.0. The quantitative estimate of drug-likeness (QED) is 0.848. The molecule has 2 nitrogen and oxygen atoms in total. The molecule has 16 heavy (non-hydrogen) atoms. The highest BCUT2D eigenvalue weighted by Gasteiger charge is 2.29. The van der Waals surface area contributed by atoms with Crippen molar-refractivity contribution in [3.63, 3.8) is 0 Å². The third kappa shape index (κ3) is 1.85. The predicted molar refractivity (Wildman–Crippen MR) is 65.5 cm³/mol. The van der Waals surface area contributed by atoms with Crippen LogP contribution in [0.2, 0.25) is 0 Å². The first-order chi connectivity index (χ1) is 7.86. The summed E-state index contributed by atoms with van der Waals surface area (Å²) in [6.07, 6.45) is 5.66. The van der Waals surface area contributed by atoms with Crippen molar-refractivity contribution in [2.45, 2.75) is 25.3 Å². The number of furan rings is 1. The minimum absolute atomic E-state index is 0.643. The Hall–Kier alpha value is -1.28. The standard InChI is InChI=1S/C14H17NO/c1-15-13(11-3-4-11)9-10-2-5-14-12(8-10)6-7-16-14/h2,5-8,11,13,15H,3-4,9H2,1H3. The van der Waals surface area contributed by atoms with E-state index in [0.717, 1.165) is 17.9 Å². The molecule has 1 heterocycles. The first kappa shape index (κ1) is 9.91. The largest absolute Gasteiger partial charge is 0.464 e. The van der Waals surface area contributed by atoms with Crippen molar-refractivity contribution in [3.8, 4) is 0 Å². The summed E-state index contributed by atoms with van der Waals surface area (Å²) in [6, 6.07) is 9.17. The van der Waals surface area contributed by atoms with Crippen LogP contribution in [0.5, 0.6) is 0 Å². The maximum atomic E-state index is 5.35. The summed E-state index contributed by atoms with van der Waals surface area (Å²) >= 11 is 0. The predicted octanol–water partition coefficient (Wildman–Crippen LogP) is 2.97. The average molecular weight is 215 g/mol. The van der Waals surface area contributed by atoms with Crippen LogP contribution in [0, 0.1) is 5.92 Å². The van der Waals surface area contributed by atoms with Gasteiger partial charge in [-0.15, -0.1) is 0 Å². The Labute approximate surface area is 95.6 Å². The Kier molecular flexibility index (Phi) is 2.44. The molecule has 0 aliphatic heterocycles. The molecule has 84 valence electrons. The summed E-state index contributed by atoms with van der Waals surface area (Å²) in [5.41, 5.74) is 2.39. The normalized spacial score (nSPS) is 17.8. The lowest BCUT2D eigenvalue weighted by molar-refractivity contribution is 0.500. The molecular formula is C14H17NO. The molecule has 1 aromatic heterocycles. The monoisotopic (exact) mass is 215 g/mol. The van der Waals surface area contributed by atoms with E-state index in [0.29, 0.717) is 6.04 Å². The lowest BCUT2D eigenvalue weighted by Gasteiger charge is -2.15. The fraction of sp³-hybridized carbons (Fsp3) is 0.429. The van der Waals surface area contributed by atoms with Gasteiger partial charge in [-0.25, -0.2) is 0 Å². The van der Waals surface area contributed by atoms with E-state index in [1.807, 2.05) is 6.07 Å². The zero-order valence-corrected chi connectivity index (χ0v) is 9.57. The molecule has 0 bridgehead atoms. The van der Waals surface area contributed by atoms with Gasteiger partial charge in [-0.1, -0.05) is 6.07 Å². The molecule has 1 fully saturated rings. The van der Waals surface area contributed by atoms with Gasteiger partial charge >= 0.3 is 0 Å². The lowest BCUT2D eigenvalue weighted by Crippen LogP contribution is -2.29. The number of fused-ring (bicyclic) bond motifs is 1. The number of hydrogen-bond donors (Lipinski definition) is 1. The fourth-order valence-electron chi connectivity index (χ4n) is 2.40. The van der Waals surface area contributed by atoms with E-state index in [1.54, 1.807) is 6.26 Å². The van der Waals surface area contributed by atoms with Crippen LogP contribution in [0.15, 0.2) is 34.9 Å². The van der Waals surface area contributed by atoms with Gasteiger partial charge in [0.15, 0.2) is 0 Å². The highest BCUT2D eigenvalue weighted by Crippen LogP contribution is 2.34. The van der Waals surface area contributed by atoms with Crippen molar-refractivity contribution in [2.75, 3.05) is 7.05 Å². The molecule has 3 rings (SSSR count). The number of rotatable bonds is 4. The molecule has 1 aromatic carbocycles. The number of nitrogens with one attached hydrogen (secondary N) is 1. The van der Waals surface area contributed by atoms with E-state index in [4.69, 9.17) is 4.42 Å². The van der Waals surface area contributed by atoms with Gasteiger partial charge in [0.1, 0.15) is 5.58 Å². The molecule has 1 aliphatic rings. The van der Waals surface area contributed by atoms with Crippen LogP contribution in [0.4, 0.5) is 0 Å². The van der Waals surface area contributed by atoms with E-state index in [1.165, 1.54) is 23.8 Å². The Balaban J connectivity index is 1.81. The number of benzene rings is 1. The highest BCUT2D eigenvalue weighted by molar-refractivity contribution is 5.77. The van der Waals surface area contributed by atoms with Crippen LogP contribution in [-0.4, -0.2) is 13.1 Å². The minimum Gasteiger partial charge on any atom is -0.464 e. The molecule has 1 saturated carbocycles. The maximum Gasteiger partial charge on any atom is 0.133 e. The molecule has 2 heteroatoms. The third-order valence-electron chi connectivity index (χ3n) is 3.53. The van der Waals surface area contributed by atoms with Crippen molar-refractivity contribution in [1.29, 1.82) is 0 Å². The summed E-state index contributed by atoms with van der Waals surface area (Å²) in [7, 11) is 2.07. The van der Waals surface area contributed by atoms with Crippen LogP contribution in [0.3, 0.4) is 0 Å². The molecule has 0 spiro atoms. The molecule has 2 aromatic rings.